The third kappa shape index (κ3) is 4.89. The van der Waals surface area contributed by atoms with Gasteiger partial charge in [0.2, 0.25) is 5.91 Å². The molecule has 1 aliphatic heterocycles. The number of carbonyl (C=O) groups excluding carboxylic acids is 2. The molecule has 0 radical (unpaired) electrons. The van der Waals surface area contributed by atoms with Gasteiger partial charge in [-0.05, 0) is 25.8 Å². The highest BCUT2D eigenvalue weighted by Crippen LogP contribution is 2.17. The van der Waals surface area contributed by atoms with Crippen molar-refractivity contribution in [2.45, 2.75) is 38.5 Å². The molecule has 1 aliphatic rings. The lowest BCUT2D eigenvalue weighted by Crippen LogP contribution is -2.54. The number of piperidine rings is 1. The monoisotopic (exact) mass is 341 g/mol. The third-order valence-corrected chi connectivity index (χ3v) is 3.77. The standard InChI is InChI=1S/C16H21F2N3O3/c1-10(22)8-19-16(24)20-14-3-2-6-21(15(14)23)9-11-4-5-12(17)7-13(11)18/h4-5,7,10,14,22H,2-3,6,8-9H2,1H3,(H2,19,20,24)/t10-,14-/m1/s1. The van der Waals surface area contributed by atoms with Crippen molar-refractivity contribution in [2.75, 3.05) is 13.1 Å². The minimum absolute atomic E-state index is 0.0262. The van der Waals surface area contributed by atoms with Crippen molar-refractivity contribution in [1.82, 2.24) is 15.5 Å². The molecule has 0 spiro atoms. The second kappa shape index (κ2) is 8.05. The highest BCUT2D eigenvalue weighted by Gasteiger charge is 2.30. The fourth-order valence-electron chi connectivity index (χ4n) is 2.54. The molecule has 132 valence electrons. The Hall–Kier alpha value is -2.22. The van der Waals surface area contributed by atoms with Crippen LogP contribution in [0, 0.1) is 11.6 Å². The van der Waals surface area contributed by atoms with E-state index in [2.05, 4.69) is 10.6 Å². The van der Waals surface area contributed by atoms with Crippen molar-refractivity contribution in [1.29, 1.82) is 0 Å². The molecule has 1 aromatic carbocycles. The van der Waals surface area contributed by atoms with Gasteiger partial charge in [0.25, 0.3) is 0 Å². The van der Waals surface area contributed by atoms with Crippen molar-refractivity contribution < 1.29 is 23.5 Å². The first-order valence-corrected chi connectivity index (χ1v) is 7.82. The summed E-state index contributed by atoms with van der Waals surface area (Å²) in [4.78, 5) is 25.6. The van der Waals surface area contributed by atoms with Crippen molar-refractivity contribution in [2.24, 2.45) is 0 Å². The van der Waals surface area contributed by atoms with E-state index < -0.39 is 29.8 Å². The number of amides is 3. The van der Waals surface area contributed by atoms with Gasteiger partial charge >= 0.3 is 6.03 Å². The Labute approximate surface area is 138 Å². The van der Waals surface area contributed by atoms with Gasteiger partial charge in [-0.25, -0.2) is 13.6 Å². The molecule has 2 atom stereocenters. The van der Waals surface area contributed by atoms with E-state index in [1.807, 2.05) is 0 Å². The largest absolute Gasteiger partial charge is 0.392 e. The summed E-state index contributed by atoms with van der Waals surface area (Å²) >= 11 is 0. The number of halogens is 2. The average molecular weight is 341 g/mol. The van der Waals surface area contributed by atoms with Crippen LogP contribution in [0.25, 0.3) is 0 Å². The number of nitrogens with zero attached hydrogens (tertiary/aromatic N) is 1. The summed E-state index contributed by atoms with van der Waals surface area (Å²) in [6.07, 6.45) is 0.468. The quantitative estimate of drug-likeness (QED) is 0.751. The van der Waals surface area contributed by atoms with E-state index in [0.717, 1.165) is 12.1 Å². The van der Waals surface area contributed by atoms with Gasteiger partial charge in [0.05, 0.1) is 6.10 Å². The Morgan fingerprint density at radius 2 is 2.21 bits per heavy atom. The van der Waals surface area contributed by atoms with Gasteiger partial charge in [-0.15, -0.1) is 0 Å². The maximum atomic E-state index is 13.7. The zero-order valence-electron chi connectivity index (χ0n) is 13.4. The molecule has 2 rings (SSSR count). The average Bonchev–Trinajstić information content (AvgIpc) is 2.51. The van der Waals surface area contributed by atoms with Crippen molar-refractivity contribution in [3.8, 4) is 0 Å². The zero-order chi connectivity index (χ0) is 17.7. The van der Waals surface area contributed by atoms with Crippen LogP contribution in [0.4, 0.5) is 13.6 Å². The Bertz CT molecular complexity index is 610. The van der Waals surface area contributed by atoms with Crippen LogP contribution in [0.15, 0.2) is 18.2 Å². The van der Waals surface area contributed by atoms with Gasteiger partial charge in [-0.2, -0.15) is 0 Å². The van der Waals surface area contributed by atoms with E-state index in [0.29, 0.717) is 19.4 Å². The lowest BCUT2D eigenvalue weighted by atomic mass is 10.0. The number of aliphatic hydroxyl groups excluding tert-OH is 1. The summed E-state index contributed by atoms with van der Waals surface area (Å²) in [6.45, 7) is 2.09. The number of urea groups is 1. The van der Waals surface area contributed by atoms with E-state index in [4.69, 9.17) is 5.11 Å². The molecule has 0 aliphatic carbocycles. The molecule has 24 heavy (non-hydrogen) atoms. The molecule has 3 N–H and O–H groups in total. The van der Waals surface area contributed by atoms with Crippen LogP contribution in [0.3, 0.4) is 0 Å². The Balaban J connectivity index is 1.95. The maximum Gasteiger partial charge on any atom is 0.315 e. The molecule has 8 heteroatoms. The second-order valence-corrected chi connectivity index (χ2v) is 5.89. The zero-order valence-corrected chi connectivity index (χ0v) is 13.4. The number of aliphatic hydroxyl groups is 1. The number of benzene rings is 1. The van der Waals surface area contributed by atoms with Crippen LogP contribution in [0.5, 0.6) is 0 Å². The lowest BCUT2D eigenvalue weighted by Gasteiger charge is -2.32. The first kappa shape index (κ1) is 18.1. The first-order chi connectivity index (χ1) is 11.4. The number of rotatable bonds is 5. The van der Waals surface area contributed by atoms with Gasteiger partial charge in [0, 0.05) is 31.3 Å². The minimum Gasteiger partial charge on any atom is -0.392 e. The number of hydrogen-bond acceptors (Lipinski definition) is 3. The molecule has 1 aromatic rings. The Morgan fingerprint density at radius 3 is 2.88 bits per heavy atom. The van der Waals surface area contributed by atoms with Gasteiger partial charge in [0.15, 0.2) is 0 Å². The van der Waals surface area contributed by atoms with Crippen molar-refractivity contribution in [3.63, 3.8) is 0 Å². The van der Waals surface area contributed by atoms with Gasteiger partial charge < -0.3 is 20.6 Å². The Kier molecular flexibility index (Phi) is 6.08. The molecule has 1 heterocycles. The summed E-state index contributed by atoms with van der Waals surface area (Å²) in [5.41, 5.74) is 0.226. The molecule has 0 saturated carbocycles. The number of hydrogen-bond donors (Lipinski definition) is 3. The SMILES string of the molecule is C[C@@H](O)CNC(=O)N[C@@H]1CCCN(Cc2ccc(F)cc2F)C1=O. The third-order valence-electron chi connectivity index (χ3n) is 3.77. The van der Waals surface area contributed by atoms with E-state index in [9.17, 15) is 18.4 Å². The summed E-state index contributed by atoms with van der Waals surface area (Å²) < 4.78 is 26.7. The smallest absolute Gasteiger partial charge is 0.315 e. The predicted molar refractivity (Wildman–Crippen MR) is 83.0 cm³/mol. The molecular formula is C16H21F2N3O3. The van der Waals surface area contributed by atoms with E-state index in [-0.39, 0.29) is 24.6 Å². The summed E-state index contributed by atoms with van der Waals surface area (Å²) in [7, 11) is 0. The molecule has 0 aromatic heterocycles. The molecule has 6 nitrogen and oxygen atoms in total. The summed E-state index contributed by atoms with van der Waals surface area (Å²) in [5, 5.41) is 14.1. The molecule has 0 unspecified atom stereocenters. The van der Waals surface area contributed by atoms with Crippen LogP contribution in [0.2, 0.25) is 0 Å². The number of likely N-dealkylation sites (tertiary alicyclic amines) is 1. The Morgan fingerprint density at radius 1 is 1.46 bits per heavy atom. The van der Waals surface area contributed by atoms with E-state index in [1.165, 1.54) is 17.9 Å². The molecule has 1 saturated heterocycles. The summed E-state index contributed by atoms with van der Waals surface area (Å²) in [6, 6.07) is 2.00. The van der Waals surface area contributed by atoms with Crippen LogP contribution < -0.4 is 10.6 Å². The second-order valence-electron chi connectivity index (χ2n) is 5.89. The van der Waals surface area contributed by atoms with Gasteiger partial charge in [-0.3, -0.25) is 4.79 Å². The van der Waals surface area contributed by atoms with Gasteiger partial charge in [0.1, 0.15) is 17.7 Å². The number of carbonyl (C=O) groups is 2. The first-order valence-electron chi connectivity index (χ1n) is 7.82. The van der Waals surface area contributed by atoms with Crippen LogP contribution in [0.1, 0.15) is 25.3 Å². The van der Waals surface area contributed by atoms with E-state index in [1.54, 1.807) is 0 Å². The van der Waals surface area contributed by atoms with E-state index >= 15 is 0 Å². The van der Waals surface area contributed by atoms with Gasteiger partial charge in [-0.1, -0.05) is 6.07 Å². The summed E-state index contributed by atoms with van der Waals surface area (Å²) in [5.74, 6) is -1.68. The predicted octanol–water partition coefficient (Wildman–Crippen LogP) is 1.14. The van der Waals surface area contributed by atoms with Crippen LogP contribution in [-0.2, 0) is 11.3 Å². The lowest BCUT2D eigenvalue weighted by molar-refractivity contribution is -0.136. The molecule has 1 fully saturated rings. The fraction of sp³-hybridized carbons (Fsp3) is 0.500. The van der Waals surface area contributed by atoms with Crippen LogP contribution in [-0.4, -0.2) is 47.2 Å². The maximum absolute atomic E-state index is 13.7. The van der Waals surface area contributed by atoms with Crippen LogP contribution >= 0.6 is 0 Å². The molecule has 0 bridgehead atoms. The molecular weight excluding hydrogens is 320 g/mol. The number of nitrogens with one attached hydrogen (secondary N) is 2. The highest BCUT2D eigenvalue weighted by molar-refractivity contribution is 5.87. The highest BCUT2D eigenvalue weighted by atomic mass is 19.1. The minimum atomic E-state index is -0.701. The van der Waals surface area contributed by atoms with Crippen molar-refractivity contribution >= 4 is 11.9 Å². The normalized spacial score (nSPS) is 19.1. The topological polar surface area (TPSA) is 81.7 Å². The fourth-order valence-corrected chi connectivity index (χ4v) is 2.54. The molecule has 3 amide bonds. The van der Waals surface area contributed by atoms with Crippen molar-refractivity contribution in [3.05, 3.63) is 35.4 Å².